The fourth-order valence-electron chi connectivity index (χ4n) is 6.18. The lowest BCUT2D eigenvalue weighted by Crippen LogP contribution is -1.87. The maximum absolute atomic E-state index is 9.53. The van der Waals surface area contributed by atoms with Gasteiger partial charge in [-0.1, -0.05) is 78.9 Å². The highest BCUT2D eigenvalue weighted by Gasteiger charge is 2.16. The Balaban J connectivity index is 1.21. The van der Waals surface area contributed by atoms with Crippen LogP contribution in [0.25, 0.3) is 82.1 Å². The van der Waals surface area contributed by atoms with E-state index < -0.39 is 0 Å². The second-order valence-electron chi connectivity index (χ2n) is 10.8. The highest BCUT2D eigenvalue weighted by atomic mass is 16.3. The van der Waals surface area contributed by atoms with Crippen molar-refractivity contribution in [2.24, 2.45) is 0 Å². The molecule has 5 heteroatoms. The van der Waals surface area contributed by atoms with Gasteiger partial charge in [0, 0.05) is 41.1 Å². The van der Waals surface area contributed by atoms with Crippen LogP contribution in [0.2, 0.25) is 0 Å². The molecule has 0 N–H and O–H groups in total. The number of benzene rings is 5. The Morgan fingerprint density at radius 2 is 1.20 bits per heavy atom. The molecule has 0 bridgehead atoms. The van der Waals surface area contributed by atoms with E-state index in [-0.39, 0.29) is 0 Å². The van der Waals surface area contributed by atoms with Gasteiger partial charge in [-0.25, -0.2) is 4.85 Å². The molecule has 3 aromatic heterocycles. The molecule has 0 saturated heterocycles. The molecule has 0 aliphatic heterocycles. The highest BCUT2D eigenvalue weighted by Crippen LogP contribution is 2.41. The summed E-state index contributed by atoms with van der Waals surface area (Å²) in [5.41, 5.74) is 10.7. The van der Waals surface area contributed by atoms with Gasteiger partial charge in [0.05, 0.1) is 12.1 Å². The summed E-state index contributed by atoms with van der Waals surface area (Å²) in [7, 11) is 0. The van der Waals surface area contributed by atoms with E-state index in [2.05, 4.69) is 106 Å². The van der Waals surface area contributed by atoms with Crippen molar-refractivity contribution < 1.29 is 4.42 Å². The van der Waals surface area contributed by atoms with E-state index in [1.807, 2.05) is 24.3 Å². The summed E-state index contributed by atoms with van der Waals surface area (Å²) < 4.78 is 6.55. The van der Waals surface area contributed by atoms with Gasteiger partial charge >= 0.3 is 0 Å². The zero-order chi connectivity index (χ0) is 30.3. The van der Waals surface area contributed by atoms with E-state index >= 15 is 0 Å². The molecule has 5 nitrogen and oxygen atoms in total. The fourth-order valence-corrected chi connectivity index (χ4v) is 6.18. The third kappa shape index (κ3) is 4.39. The summed E-state index contributed by atoms with van der Waals surface area (Å²) in [5, 5.41) is 14.0. The van der Waals surface area contributed by atoms with Crippen LogP contribution in [0.1, 0.15) is 5.56 Å². The molecule has 0 amide bonds. The van der Waals surface area contributed by atoms with Crippen molar-refractivity contribution in [2.45, 2.75) is 0 Å². The molecule has 5 aromatic carbocycles. The maximum Gasteiger partial charge on any atom is 0.212 e. The number of nitriles is 1. The first-order valence-electron chi connectivity index (χ1n) is 14.5. The van der Waals surface area contributed by atoms with Crippen molar-refractivity contribution in [1.82, 2.24) is 9.97 Å². The minimum absolute atomic E-state index is 0.540. The van der Waals surface area contributed by atoms with E-state index in [1.54, 1.807) is 24.8 Å². The summed E-state index contributed by atoms with van der Waals surface area (Å²) >= 11 is 0. The summed E-state index contributed by atoms with van der Waals surface area (Å²) in [6.45, 7) is 7.46. The monoisotopic (exact) mass is 574 g/mol. The van der Waals surface area contributed by atoms with Crippen molar-refractivity contribution in [3.8, 4) is 50.6 Å². The Bertz CT molecular complexity index is 2500. The van der Waals surface area contributed by atoms with E-state index in [0.717, 1.165) is 77.2 Å². The molecule has 0 radical (unpaired) electrons. The minimum Gasteiger partial charge on any atom is -0.456 e. The molecule has 3 heterocycles. The second kappa shape index (κ2) is 10.6. The Kier molecular flexibility index (Phi) is 6.16. The number of aromatic nitrogens is 2. The van der Waals surface area contributed by atoms with E-state index in [0.29, 0.717) is 11.3 Å². The van der Waals surface area contributed by atoms with Crippen molar-refractivity contribution in [3.63, 3.8) is 0 Å². The molecular formula is C40H22N4O. The fraction of sp³-hybridized carbons (Fsp3) is 0. The number of fused-ring (bicyclic) bond motifs is 5. The zero-order valence-electron chi connectivity index (χ0n) is 23.9. The second-order valence-corrected chi connectivity index (χ2v) is 10.8. The zero-order valence-corrected chi connectivity index (χ0v) is 23.9. The van der Waals surface area contributed by atoms with Crippen LogP contribution in [0, 0.1) is 17.9 Å². The standard InChI is InChI=1S/C40H22N4O/c1-42-37-24-44-19-17-32(37)27-8-6-25(7-9-27)29-14-15-35-38(20-29)45-39-21-36(33-4-2-3-5-34(33)40(35)39)28-12-10-26(11-13-28)31-16-18-43-23-30(31)22-41/h2-21,23-24H. The summed E-state index contributed by atoms with van der Waals surface area (Å²) in [5.74, 6) is 0. The first-order valence-corrected chi connectivity index (χ1v) is 14.5. The molecule has 0 aliphatic rings. The van der Waals surface area contributed by atoms with Crippen LogP contribution in [0.3, 0.4) is 0 Å². The lowest BCUT2D eigenvalue weighted by molar-refractivity contribution is 0.669. The quantitative estimate of drug-likeness (QED) is 0.196. The maximum atomic E-state index is 9.53. The van der Waals surface area contributed by atoms with Gasteiger partial charge in [-0.2, -0.15) is 5.26 Å². The average molecular weight is 575 g/mol. The molecule has 45 heavy (non-hydrogen) atoms. The van der Waals surface area contributed by atoms with Crippen LogP contribution in [0.4, 0.5) is 5.69 Å². The molecule has 0 unspecified atom stereocenters. The van der Waals surface area contributed by atoms with Gasteiger partial charge in [0.2, 0.25) is 5.69 Å². The molecule has 0 aliphatic carbocycles. The van der Waals surface area contributed by atoms with Crippen molar-refractivity contribution >= 4 is 38.4 Å². The lowest BCUT2D eigenvalue weighted by atomic mass is 9.93. The van der Waals surface area contributed by atoms with Crippen LogP contribution < -0.4 is 0 Å². The van der Waals surface area contributed by atoms with Crippen molar-refractivity contribution in [3.05, 3.63) is 151 Å². The Labute approximate surface area is 259 Å². The number of hydrogen-bond donors (Lipinski definition) is 0. The minimum atomic E-state index is 0.540. The Morgan fingerprint density at radius 3 is 1.93 bits per heavy atom. The normalized spacial score (nSPS) is 11.1. The van der Waals surface area contributed by atoms with Gasteiger partial charge in [-0.3, -0.25) is 9.97 Å². The van der Waals surface area contributed by atoms with Crippen molar-refractivity contribution in [1.29, 1.82) is 5.26 Å². The summed E-state index contributed by atoms with van der Waals surface area (Å²) in [6, 6.07) is 39.5. The third-order valence-corrected chi connectivity index (χ3v) is 8.38. The largest absolute Gasteiger partial charge is 0.456 e. The average Bonchev–Trinajstić information content (AvgIpc) is 3.49. The molecule has 208 valence electrons. The van der Waals surface area contributed by atoms with Crippen LogP contribution in [0.5, 0.6) is 0 Å². The van der Waals surface area contributed by atoms with Crippen molar-refractivity contribution in [2.75, 3.05) is 0 Å². The first-order chi connectivity index (χ1) is 22.2. The molecule has 0 fully saturated rings. The number of furan rings is 1. The predicted molar refractivity (Wildman–Crippen MR) is 180 cm³/mol. The number of nitrogens with zero attached hydrogens (tertiary/aromatic N) is 4. The lowest BCUT2D eigenvalue weighted by Gasteiger charge is -2.10. The number of pyridine rings is 2. The molecule has 8 rings (SSSR count). The number of rotatable bonds is 4. The van der Waals surface area contributed by atoms with E-state index in [1.165, 1.54) is 0 Å². The molecule has 0 atom stereocenters. The molecule has 8 aromatic rings. The highest BCUT2D eigenvalue weighted by molar-refractivity contribution is 6.22. The summed E-state index contributed by atoms with van der Waals surface area (Å²) in [4.78, 5) is 11.8. The summed E-state index contributed by atoms with van der Waals surface area (Å²) in [6.07, 6.45) is 6.62. The van der Waals surface area contributed by atoms with Gasteiger partial charge in [0.1, 0.15) is 17.2 Å². The topological polar surface area (TPSA) is 67.1 Å². The van der Waals surface area contributed by atoms with Crippen LogP contribution in [-0.4, -0.2) is 9.97 Å². The van der Waals surface area contributed by atoms with E-state index in [9.17, 15) is 5.26 Å². The SMILES string of the molecule is [C-]#[N+]c1cnccc1-c1ccc(-c2ccc3c(c2)oc2cc(-c4ccc(-c5ccncc5C#N)cc4)c4ccccc4c23)cc1. The van der Waals surface area contributed by atoms with Crippen LogP contribution >= 0.6 is 0 Å². The van der Waals surface area contributed by atoms with Gasteiger partial charge in [0.25, 0.3) is 0 Å². The van der Waals surface area contributed by atoms with Crippen LogP contribution in [0.15, 0.2) is 138 Å². The Morgan fingerprint density at radius 1 is 0.578 bits per heavy atom. The van der Waals surface area contributed by atoms with Crippen LogP contribution in [-0.2, 0) is 0 Å². The van der Waals surface area contributed by atoms with Gasteiger partial charge in [-0.05, 0) is 80.0 Å². The van der Waals surface area contributed by atoms with Gasteiger partial charge in [0.15, 0.2) is 0 Å². The Hall–Kier alpha value is -6.56. The molecule has 0 spiro atoms. The first kappa shape index (κ1) is 26.1. The molecule has 0 saturated carbocycles. The predicted octanol–water partition coefficient (Wildman–Crippen LogP) is 10.6. The van der Waals surface area contributed by atoms with E-state index in [4.69, 9.17) is 11.0 Å². The van der Waals surface area contributed by atoms with Gasteiger partial charge in [-0.15, -0.1) is 0 Å². The molecular weight excluding hydrogens is 552 g/mol. The third-order valence-electron chi connectivity index (χ3n) is 8.38. The number of hydrogen-bond acceptors (Lipinski definition) is 4. The smallest absolute Gasteiger partial charge is 0.212 e. The van der Waals surface area contributed by atoms with Gasteiger partial charge < -0.3 is 4.42 Å².